The van der Waals surface area contributed by atoms with Gasteiger partial charge in [0.25, 0.3) is 0 Å². The van der Waals surface area contributed by atoms with Crippen LogP contribution in [0.15, 0.2) is 17.0 Å². The van der Waals surface area contributed by atoms with Crippen LogP contribution in [0.25, 0.3) is 11.0 Å². The van der Waals surface area contributed by atoms with Crippen molar-refractivity contribution in [3.63, 3.8) is 0 Å². The lowest BCUT2D eigenvalue weighted by Crippen LogP contribution is -2.56. The Labute approximate surface area is 154 Å². The average molecular weight is 416 g/mol. The molecule has 1 aliphatic carbocycles. The van der Waals surface area contributed by atoms with Crippen molar-refractivity contribution in [2.24, 2.45) is 0 Å². The van der Waals surface area contributed by atoms with Crippen molar-refractivity contribution < 1.29 is 9.53 Å². The molecular weight excluding hydrogens is 396 g/mol. The molecule has 3 rings (SSSR count). The number of hydrogen-bond donors (Lipinski definition) is 1. The van der Waals surface area contributed by atoms with Gasteiger partial charge in [-0.2, -0.15) is 0 Å². The number of hydrogen-bond acceptors (Lipinski definition) is 4. The summed E-state index contributed by atoms with van der Waals surface area (Å²) in [5.74, 6) is 0. The molecule has 1 aliphatic rings. The Hall–Kier alpha value is -1.34. The Kier molecular flexibility index (Phi) is 4.28. The van der Waals surface area contributed by atoms with Crippen molar-refractivity contribution in [2.45, 2.75) is 57.7 Å². The van der Waals surface area contributed by atoms with Crippen LogP contribution in [0.4, 0.5) is 4.79 Å². The monoisotopic (exact) mass is 414 g/mol. The predicted molar refractivity (Wildman–Crippen MR) is 96.3 cm³/mol. The molecule has 0 radical (unpaired) electrons. The summed E-state index contributed by atoms with van der Waals surface area (Å²) < 4.78 is 8.30. The lowest BCUT2D eigenvalue weighted by atomic mass is 9.74. The van der Waals surface area contributed by atoms with E-state index in [4.69, 9.17) is 16.3 Å². The Morgan fingerprint density at radius 3 is 2.75 bits per heavy atom. The second kappa shape index (κ2) is 5.88. The second-order valence-corrected chi connectivity index (χ2v) is 8.71. The SMILES string of the molecule is CC1(NC(=O)OC(C)(C)C)CC(n2cc(Br)c3c(Cl)ncnc32)C1. The van der Waals surface area contributed by atoms with Crippen LogP contribution in [0.3, 0.4) is 0 Å². The number of aromatic nitrogens is 3. The van der Waals surface area contributed by atoms with E-state index >= 15 is 0 Å². The number of amides is 1. The van der Waals surface area contributed by atoms with E-state index in [1.165, 1.54) is 6.33 Å². The summed E-state index contributed by atoms with van der Waals surface area (Å²) in [6.45, 7) is 7.58. The number of carbonyl (C=O) groups excluding carboxylic acids is 1. The quantitative estimate of drug-likeness (QED) is 0.735. The maximum absolute atomic E-state index is 12.0. The third kappa shape index (κ3) is 3.37. The van der Waals surface area contributed by atoms with Crippen LogP contribution in [0, 0.1) is 0 Å². The van der Waals surface area contributed by atoms with Crippen LogP contribution in [0.1, 0.15) is 46.6 Å². The highest BCUT2D eigenvalue weighted by molar-refractivity contribution is 9.10. The molecule has 24 heavy (non-hydrogen) atoms. The fourth-order valence-corrected chi connectivity index (χ4v) is 4.04. The summed E-state index contributed by atoms with van der Waals surface area (Å²) in [5.41, 5.74) is 0.0113. The highest BCUT2D eigenvalue weighted by Gasteiger charge is 2.43. The zero-order chi connectivity index (χ0) is 17.7. The molecule has 8 heteroatoms. The van der Waals surface area contributed by atoms with Crippen molar-refractivity contribution in [3.8, 4) is 0 Å². The van der Waals surface area contributed by atoms with Gasteiger partial charge in [0.05, 0.1) is 5.39 Å². The number of nitrogens with one attached hydrogen (secondary N) is 1. The fraction of sp³-hybridized carbons (Fsp3) is 0.562. The molecule has 6 nitrogen and oxygen atoms in total. The van der Waals surface area contributed by atoms with E-state index in [0.717, 1.165) is 28.3 Å². The summed E-state index contributed by atoms with van der Waals surface area (Å²) in [7, 11) is 0. The summed E-state index contributed by atoms with van der Waals surface area (Å²) >= 11 is 9.68. The van der Waals surface area contributed by atoms with Gasteiger partial charge in [0.1, 0.15) is 22.7 Å². The first kappa shape index (κ1) is 17.5. The van der Waals surface area contributed by atoms with Crippen molar-refractivity contribution >= 4 is 44.7 Å². The molecule has 2 aromatic rings. The van der Waals surface area contributed by atoms with Crippen LogP contribution in [-0.4, -0.2) is 31.8 Å². The molecule has 0 unspecified atom stereocenters. The molecule has 0 aromatic carbocycles. The van der Waals surface area contributed by atoms with Gasteiger partial charge in [0, 0.05) is 22.3 Å². The normalized spacial score (nSPS) is 23.8. The minimum absolute atomic E-state index is 0.240. The highest BCUT2D eigenvalue weighted by Crippen LogP contribution is 2.44. The lowest BCUT2D eigenvalue weighted by Gasteiger charge is -2.46. The first-order chi connectivity index (χ1) is 11.1. The Morgan fingerprint density at radius 1 is 1.46 bits per heavy atom. The number of halogens is 2. The molecule has 1 N–H and O–H groups in total. The molecular formula is C16H20BrClN4O2. The smallest absolute Gasteiger partial charge is 0.408 e. The molecule has 1 amide bonds. The molecule has 0 aliphatic heterocycles. The van der Waals surface area contributed by atoms with E-state index in [-0.39, 0.29) is 17.7 Å². The molecule has 130 valence electrons. The van der Waals surface area contributed by atoms with E-state index in [2.05, 4.69) is 35.8 Å². The minimum atomic E-state index is -0.501. The molecule has 2 heterocycles. The number of rotatable bonds is 2. The zero-order valence-corrected chi connectivity index (χ0v) is 16.4. The lowest BCUT2D eigenvalue weighted by molar-refractivity contribution is 0.0342. The average Bonchev–Trinajstić information content (AvgIpc) is 2.72. The minimum Gasteiger partial charge on any atom is -0.444 e. The zero-order valence-electron chi connectivity index (χ0n) is 14.1. The van der Waals surface area contributed by atoms with Crippen LogP contribution in [0.2, 0.25) is 5.15 Å². The standard InChI is InChI=1S/C16H20BrClN4O2/c1-15(2,3)24-14(23)21-16(4)5-9(6-16)22-7-10(17)11-12(18)19-8-20-13(11)22/h7-9H,5-6H2,1-4H3,(H,21,23). The van der Waals surface area contributed by atoms with E-state index in [1.807, 2.05) is 33.9 Å². The van der Waals surface area contributed by atoms with Crippen molar-refractivity contribution in [2.75, 3.05) is 0 Å². The summed E-state index contributed by atoms with van der Waals surface area (Å²) in [6, 6.07) is 0.240. The third-order valence-electron chi connectivity index (χ3n) is 4.09. The van der Waals surface area contributed by atoms with Gasteiger partial charge in [-0.05, 0) is 56.5 Å². The van der Waals surface area contributed by atoms with Crippen molar-refractivity contribution in [1.29, 1.82) is 0 Å². The van der Waals surface area contributed by atoms with Gasteiger partial charge in [-0.15, -0.1) is 0 Å². The molecule has 2 aromatic heterocycles. The summed E-state index contributed by atoms with van der Waals surface area (Å²) in [4.78, 5) is 20.4. The molecule has 1 saturated carbocycles. The van der Waals surface area contributed by atoms with Crippen molar-refractivity contribution in [1.82, 2.24) is 19.9 Å². The van der Waals surface area contributed by atoms with E-state index < -0.39 is 5.60 Å². The van der Waals surface area contributed by atoms with Gasteiger partial charge in [-0.3, -0.25) is 0 Å². The van der Waals surface area contributed by atoms with Gasteiger partial charge in [-0.25, -0.2) is 14.8 Å². The van der Waals surface area contributed by atoms with Gasteiger partial charge in [0.2, 0.25) is 0 Å². The number of fused-ring (bicyclic) bond motifs is 1. The highest BCUT2D eigenvalue weighted by atomic mass is 79.9. The fourth-order valence-electron chi connectivity index (χ4n) is 3.11. The number of ether oxygens (including phenoxy) is 1. The third-order valence-corrected chi connectivity index (χ3v) is 4.97. The van der Waals surface area contributed by atoms with E-state index in [9.17, 15) is 4.79 Å². The molecule has 1 fully saturated rings. The first-order valence-corrected chi connectivity index (χ1v) is 8.93. The van der Waals surface area contributed by atoms with Crippen LogP contribution < -0.4 is 5.32 Å². The summed E-state index contributed by atoms with van der Waals surface area (Å²) in [5, 5.41) is 4.21. The second-order valence-electron chi connectivity index (χ2n) is 7.50. The van der Waals surface area contributed by atoms with Crippen molar-refractivity contribution in [3.05, 3.63) is 22.1 Å². The van der Waals surface area contributed by atoms with Gasteiger partial charge in [-0.1, -0.05) is 11.6 Å². The van der Waals surface area contributed by atoms with Gasteiger partial charge in [0.15, 0.2) is 0 Å². The number of nitrogens with zero attached hydrogens (tertiary/aromatic N) is 3. The maximum Gasteiger partial charge on any atom is 0.408 e. The molecule has 0 spiro atoms. The maximum atomic E-state index is 12.0. The summed E-state index contributed by atoms with van der Waals surface area (Å²) in [6.07, 6.45) is 4.65. The number of carbonyl (C=O) groups is 1. The van der Waals surface area contributed by atoms with Crippen LogP contribution in [-0.2, 0) is 4.74 Å². The predicted octanol–water partition coefficient (Wildman–Crippen LogP) is 4.47. The molecule has 0 bridgehead atoms. The van der Waals surface area contributed by atoms with E-state index in [0.29, 0.717) is 5.15 Å². The molecule has 0 saturated heterocycles. The molecule has 0 atom stereocenters. The van der Waals surface area contributed by atoms with Crippen LogP contribution in [0.5, 0.6) is 0 Å². The number of alkyl carbamates (subject to hydrolysis) is 1. The van der Waals surface area contributed by atoms with Gasteiger partial charge >= 0.3 is 6.09 Å². The van der Waals surface area contributed by atoms with Crippen LogP contribution >= 0.6 is 27.5 Å². The van der Waals surface area contributed by atoms with E-state index in [1.54, 1.807) is 0 Å². The van der Waals surface area contributed by atoms with Gasteiger partial charge < -0.3 is 14.6 Å². The first-order valence-electron chi connectivity index (χ1n) is 7.76. The Balaban J connectivity index is 1.73. The largest absolute Gasteiger partial charge is 0.444 e. The topological polar surface area (TPSA) is 69.0 Å². The Morgan fingerprint density at radius 2 is 2.12 bits per heavy atom. The Bertz CT molecular complexity index is 793.